The molecule has 0 aliphatic rings. The van der Waals surface area contributed by atoms with Crippen LogP contribution in [0.2, 0.25) is 0 Å². The minimum Gasteiger partial charge on any atom is -0.480 e. The summed E-state index contributed by atoms with van der Waals surface area (Å²) in [4.78, 5) is 23.7. The molecule has 0 saturated carbocycles. The first-order chi connectivity index (χ1) is 12.0. The second-order valence-corrected chi connectivity index (χ2v) is 7.95. The van der Waals surface area contributed by atoms with E-state index in [4.69, 9.17) is 5.73 Å². The van der Waals surface area contributed by atoms with Gasteiger partial charge in [0.2, 0.25) is 0 Å². The van der Waals surface area contributed by atoms with Crippen molar-refractivity contribution >= 4 is 23.3 Å². The van der Waals surface area contributed by atoms with Crippen LogP contribution < -0.4 is 16.4 Å². The number of nitrogens with two attached hydrogens (primary N) is 1. The second-order valence-electron chi connectivity index (χ2n) is 7.95. The highest BCUT2D eigenvalue weighted by Crippen LogP contribution is 2.25. The van der Waals surface area contributed by atoms with E-state index < -0.39 is 17.9 Å². The number of benzene rings is 1. The van der Waals surface area contributed by atoms with Gasteiger partial charge in [-0.25, -0.2) is 4.79 Å². The number of carboxylic acid groups (broad SMARTS) is 1. The summed E-state index contributed by atoms with van der Waals surface area (Å²) in [6.07, 6.45) is 0.376. The van der Waals surface area contributed by atoms with Crippen LogP contribution in [0.4, 0.5) is 11.4 Å². The molecule has 0 aliphatic heterocycles. The Morgan fingerprint density at radius 1 is 1.08 bits per heavy atom. The molecule has 0 saturated heterocycles. The van der Waals surface area contributed by atoms with Crippen molar-refractivity contribution in [1.82, 2.24) is 5.32 Å². The first-order valence-corrected chi connectivity index (χ1v) is 9.22. The van der Waals surface area contributed by atoms with Crippen molar-refractivity contribution in [1.29, 1.82) is 0 Å². The molecular weight excluding hydrogens is 330 g/mol. The summed E-state index contributed by atoms with van der Waals surface area (Å²) in [6.45, 7) is 12.4. The second kappa shape index (κ2) is 9.46. The van der Waals surface area contributed by atoms with Crippen LogP contribution in [0.15, 0.2) is 18.2 Å². The number of anilines is 2. The molecule has 1 aromatic rings. The van der Waals surface area contributed by atoms with Crippen LogP contribution in [0.1, 0.15) is 58.3 Å². The summed E-state index contributed by atoms with van der Waals surface area (Å²) in [5.41, 5.74) is 7.73. The molecule has 0 heterocycles. The number of aliphatic carboxylic acids is 1. The van der Waals surface area contributed by atoms with Gasteiger partial charge in [-0.15, -0.1) is 0 Å². The van der Waals surface area contributed by atoms with Gasteiger partial charge in [0.1, 0.15) is 6.04 Å². The smallest absolute Gasteiger partial charge is 0.326 e. The van der Waals surface area contributed by atoms with Crippen molar-refractivity contribution in [3.63, 3.8) is 0 Å². The maximum Gasteiger partial charge on any atom is 0.326 e. The van der Waals surface area contributed by atoms with Gasteiger partial charge in [0.15, 0.2) is 0 Å². The van der Waals surface area contributed by atoms with E-state index in [2.05, 4.69) is 38.3 Å². The molecule has 5 N–H and O–H groups in total. The number of hydrogen-bond donors (Lipinski definition) is 4. The number of nitrogen functional groups attached to an aromatic ring is 1. The maximum absolute atomic E-state index is 12.4. The van der Waals surface area contributed by atoms with E-state index in [0.717, 1.165) is 5.69 Å². The van der Waals surface area contributed by atoms with Crippen LogP contribution in [-0.4, -0.2) is 29.1 Å². The Morgan fingerprint density at radius 2 is 1.65 bits per heavy atom. The molecule has 6 heteroatoms. The molecular formula is C20H33N3O3. The highest BCUT2D eigenvalue weighted by Gasteiger charge is 2.22. The van der Waals surface area contributed by atoms with Gasteiger partial charge in [-0.3, -0.25) is 4.79 Å². The third-order valence-electron chi connectivity index (χ3n) is 4.38. The van der Waals surface area contributed by atoms with E-state index in [1.807, 2.05) is 13.8 Å². The summed E-state index contributed by atoms with van der Waals surface area (Å²) in [5, 5.41) is 15.3. The zero-order valence-corrected chi connectivity index (χ0v) is 16.7. The molecule has 1 amide bonds. The van der Waals surface area contributed by atoms with Crippen LogP contribution >= 0.6 is 0 Å². The molecule has 0 aliphatic carbocycles. The summed E-state index contributed by atoms with van der Waals surface area (Å²) >= 11 is 0. The normalized spacial score (nSPS) is 12.7. The largest absolute Gasteiger partial charge is 0.480 e. The van der Waals surface area contributed by atoms with Crippen LogP contribution in [0.5, 0.6) is 0 Å². The fourth-order valence-electron chi connectivity index (χ4n) is 3.05. The number of carboxylic acids is 1. The maximum atomic E-state index is 12.4. The Hall–Kier alpha value is -2.24. The van der Waals surface area contributed by atoms with Crippen LogP contribution in [0.3, 0.4) is 0 Å². The summed E-state index contributed by atoms with van der Waals surface area (Å²) < 4.78 is 0. The highest BCUT2D eigenvalue weighted by atomic mass is 16.4. The molecule has 1 rings (SSSR count). The Kier molecular flexibility index (Phi) is 7.93. The topological polar surface area (TPSA) is 104 Å². The lowest BCUT2D eigenvalue weighted by Gasteiger charge is -2.28. The molecule has 0 aromatic heterocycles. The summed E-state index contributed by atoms with van der Waals surface area (Å²) in [6, 6.07) is 4.39. The van der Waals surface area contributed by atoms with Gasteiger partial charge in [0, 0.05) is 11.6 Å². The summed E-state index contributed by atoms with van der Waals surface area (Å²) in [5.74, 6) is -0.429. The van der Waals surface area contributed by atoms with E-state index in [1.54, 1.807) is 18.2 Å². The molecule has 1 atom stereocenters. The number of nitrogens with one attached hydrogen (secondary N) is 2. The number of amides is 1. The van der Waals surface area contributed by atoms with E-state index in [-0.39, 0.29) is 12.0 Å². The van der Waals surface area contributed by atoms with Gasteiger partial charge in [-0.1, -0.05) is 41.5 Å². The molecule has 0 bridgehead atoms. The predicted molar refractivity (Wildman–Crippen MR) is 106 cm³/mol. The number of carbonyl (C=O) groups excluding carboxylic acids is 1. The van der Waals surface area contributed by atoms with E-state index >= 15 is 0 Å². The first-order valence-electron chi connectivity index (χ1n) is 9.22. The molecule has 0 fully saturated rings. The first kappa shape index (κ1) is 21.8. The number of hydrogen-bond acceptors (Lipinski definition) is 4. The van der Waals surface area contributed by atoms with Crippen molar-refractivity contribution in [2.75, 3.05) is 11.1 Å². The molecule has 146 valence electrons. The Bertz CT molecular complexity index is 619. The van der Waals surface area contributed by atoms with Crippen molar-refractivity contribution < 1.29 is 14.7 Å². The molecule has 0 unspecified atom stereocenters. The molecule has 26 heavy (non-hydrogen) atoms. The lowest BCUT2D eigenvalue weighted by atomic mass is 9.93. The molecule has 0 radical (unpaired) electrons. The molecule has 6 nitrogen and oxygen atoms in total. The van der Waals surface area contributed by atoms with Gasteiger partial charge in [0.25, 0.3) is 5.91 Å². The zero-order valence-electron chi connectivity index (χ0n) is 16.7. The minimum atomic E-state index is -1.03. The highest BCUT2D eigenvalue weighted by molar-refractivity contribution is 5.98. The van der Waals surface area contributed by atoms with Gasteiger partial charge < -0.3 is 21.5 Å². The van der Waals surface area contributed by atoms with Crippen LogP contribution in [0.25, 0.3) is 0 Å². The van der Waals surface area contributed by atoms with Gasteiger partial charge in [-0.2, -0.15) is 0 Å². The monoisotopic (exact) mass is 363 g/mol. The summed E-state index contributed by atoms with van der Waals surface area (Å²) in [7, 11) is 0. The van der Waals surface area contributed by atoms with E-state index in [9.17, 15) is 14.7 Å². The Labute approximate surface area is 156 Å². The quantitative estimate of drug-likeness (QED) is 0.502. The van der Waals surface area contributed by atoms with Crippen molar-refractivity contribution in [3.8, 4) is 0 Å². The van der Waals surface area contributed by atoms with Gasteiger partial charge >= 0.3 is 5.97 Å². The Balaban J connectivity index is 2.91. The van der Waals surface area contributed by atoms with Crippen LogP contribution in [0, 0.1) is 17.8 Å². The average Bonchev–Trinajstić information content (AvgIpc) is 2.51. The minimum absolute atomic E-state index is 0.164. The van der Waals surface area contributed by atoms with Gasteiger partial charge in [0.05, 0.1) is 11.4 Å². The van der Waals surface area contributed by atoms with E-state index in [0.29, 0.717) is 29.5 Å². The average molecular weight is 364 g/mol. The zero-order chi connectivity index (χ0) is 20.0. The lowest BCUT2D eigenvalue weighted by Crippen LogP contribution is -2.41. The third kappa shape index (κ3) is 6.24. The third-order valence-corrected chi connectivity index (χ3v) is 4.38. The van der Waals surface area contributed by atoms with Gasteiger partial charge in [-0.05, 0) is 42.4 Å². The predicted octanol–water partition coefficient (Wildman–Crippen LogP) is 3.59. The SMILES string of the molecule is CC(C)C[C@H](NC(=O)c1ccc(NC(C(C)C)C(C)C)c(N)c1)C(=O)O. The van der Waals surface area contributed by atoms with Crippen molar-refractivity contribution in [3.05, 3.63) is 23.8 Å². The molecule has 1 aromatic carbocycles. The lowest BCUT2D eigenvalue weighted by molar-refractivity contribution is -0.139. The molecule has 0 spiro atoms. The van der Waals surface area contributed by atoms with Crippen molar-refractivity contribution in [2.24, 2.45) is 17.8 Å². The fourth-order valence-corrected chi connectivity index (χ4v) is 3.05. The number of carbonyl (C=O) groups is 2. The number of rotatable bonds is 9. The van der Waals surface area contributed by atoms with Crippen molar-refractivity contribution in [2.45, 2.75) is 60.0 Å². The Morgan fingerprint density at radius 3 is 2.08 bits per heavy atom. The fraction of sp³-hybridized carbons (Fsp3) is 0.600. The standard InChI is InChI=1S/C20H33N3O3/c1-11(2)9-17(20(25)26)23-19(24)14-7-8-16(15(21)10-14)22-18(12(3)4)13(5)6/h7-8,10-13,17-18,22H,9,21H2,1-6H3,(H,23,24)(H,25,26)/t17-/m0/s1. The van der Waals surface area contributed by atoms with Crippen LogP contribution in [-0.2, 0) is 4.79 Å². The van der Waals surface area contributed by atoms with E-state index in [1.165, 1.54) is 0 Å².